The number of rotatable bonds is 13. The molecule has 0 bridgehead atoms. The number of nitrogens with zero attached hydrogens (tertiary/aromatic N) is 1. The fourth-order valence-electron chi connectivity index (χ4n) is 5.46. The van der Waals surface area contributed by atoms with Crippen LogP contribution in [0, 0.1) is 6.92 Å². The zero-order valence-corrected chi connectivity index (χ0v) is 27.4. The van der Waals surface area contributed by atoms with Crippen LogP contribution in [0.1, 0.15) is 33.5 Å². The van der Waals surface area contributed by atoms with Crippen molar-refractivity contribution >= 4 is 29.3 Å². The Morgan fingerprint density at radius 3 is 1.98 bits per heavy atom. The summed E-state index contributed by atoms with van der Waals surface area (Å²) in [6.07, 6.45) is 2.20. The Hall–Kier alpha value is -4.21. The fraction of sp³-hybridized carbons (Fsp3) is 0.179. The van der Waals surface area contributed by atoms with Crippen molar-refractivity contribution in [3.05, 3.63) is 150 Å². The number of aryl methyl sites for hydroxylation is 1. The summed E-state index contributed by atoms with van der Waals surface area (Å²) in [6.45, 7) is 3.33. The summed E-state index contributed by atoms with van der Waals surface area (Å²) < 4.78 is 0. The minimum Gasteiger partial charge on any atom is -0.548 e. The molecule has 7 heteroatoms. The van der Waals surface area contributed by atoms with Crippen LogP contribution in [0.2, 0.25) is 0 Å². The summed E-state index contributed by atoms with van der Waals surface area (Å²) in [5.41, 5.74) is 8.85. The first-order chi connectivity index (χ1) is 21.9. The number of carboxylic acids is 1. The molecule has 228 valence electrons. The summed E-state index contributed by atoms with van der Waals surface area (Å²) in [6, 6.07) is 42.0. The molecule has 0 saturated carbocycles. The van der Waals surface area contributed by atoms with Gasteiger partial charge in [0, 0.05) is 24.3 Å². The van der Waals surface area contributed by atoms with Gasteiger partial charge in [0.2, 0.25) is 0 Å². The molecule has 5 aromatic rings. The molecule has 0 aliphatic rings. The quantitative estimate of drug-likeness (QED) is 0.201. The molecule has 1 atom stereocenters. The first-order valence-electron chi connectivity index (χ1n) is 15.1. The van der Waals surface area contributed by atoms with E-state index < -0.39 is 17.9 Å². The van der Waals surface area contributed by atoms with Crippen LogP contribution in [0.5, 0.6) is 0 Å². The van der Waals surface area contributed by atoms with Gasteiger partial charge in [0.1, 0.15) is 0 Å². The molecule has 0 spiro atoms. The third-order valence-corrected chi connectivity index (χ3v) is 8.54. The third kappa shape index (κ3) is 8.95. The Labute approximate surface area is 288 Å². The minimum atomic E-state index is -1.28. The molecule has 1 amide bonds. The van der Waals surface area contributed by atoms with Gasteiger partial charge in [-0.2, -0.15) is 11.8 Å². The maximum atomic E-state index is 13.5. The molecule has 5 rings (SSSR count). The number of hydrogen-bond acceptors (Lipinski definition) is 5. The molecule has 0 fully saturated rings. The minimum absolute atomic E-state index is 0. The van der Waals surface area contributed by atoms with Gasteiger partial charge < -0.3 is 20.1 Å². The molecule has 5 nitrogen and oxygen atoms in total. The van der Waals surface area contributed by atoms with Crippen LogP contribution in [-0.4, -0.2) is 29.9 Å². The molecule has 0 heterocycles. The van der Waals surface area contributed by atoms with Gasteiger partial charge in [0.15, 0.2) is 0 Å². The second-order valence-corrected chi connectivity index (χ2v) is 12.1. The van der Waals surface area contributed by atoms with Crippen LogP contribution in [-0.2, 0) is 17.9 Å². The van der Waals surface area contributed by atoms with Crippen LogP contribution >= 0.6 is 11.8 Å². The van der Waals surface area contributed by atoms with E-state index in [1.165, 1.54) is 28.5 Å². The molecule has 0 aliphatic carbocycles. The number of nitrogens with one attached hydrogen (secondary N) is 1. The van der Waals surface area contributed by atoms with E-state index in [0.29, 0.717) is 30.8 Å². The van der Waals surface area contributed by atoms with E-state index in [1.807, 2.05) is 86.0 Å². The smallest absolute Gasteiger partial charge is 0.548 e. The Morgan fingerprint density at radius 2 is 1.33 bits per heavy atom. The molecule has 0 aromatic heterocycles. The average Bonchev–Trinajstić information content (AvgIpc) is 3.07. The zero-order valence-electron chi connectivity index (χ0n) is 26.6. The Kier molecular flexibility index (Phi) is 12.7. The fourth-order valence-corrected chi connectivity index (χ4v) is 5.93. The molecule has 46 heavy (non-hydrogen) atoms. The first-order valence-corrected chi connectivity index (χ1v) is 16.5. The maximum absolute atomic E-state index is 13.5. The molecular formula is C39H37LiN2O3S. The predicted octanol–water partition coefficient (Wildman–Crippen LogP) is 4.14. The summed E-state index contributed by atoms with van der Waals surface area (Å²) in [4.78, 5) is 27.6. The van der Waals surface area contributed by atoms with Crippen LogP contribution in [0.15, 0.2) is 127 Å². The maximum Gasteiger partial charge on any atom is 1.00 e. The summed E-state index contributed by atoms with van der Waals surface area (Å²) in [5.74, 6) is -1.09. The number of anilines is 1. The summed E-state index contributed by atoms with van der Waals surface area (Å²) >= 11 is 1.53. The topological polar surface area (TPSA) is 72.5 Å². The standard InChI is InChI=1S/C39H38N2O3S.Li/c1-28-11-9-10-16-34(28)36-25-30(19-22-35(36)38(42)40-37(39(43)44)23-24-45-2)27-41(33-14-7-4-8-15-33)26-29-17-20-32(21-18-29)31-12-5-3-6-13-31;/h3-22,25,37H,23-24,26-27H2,1-2H3,(H,40,42)(H,43,44);/q;+1/p-1/t37-;/m0./s1. The van der Waals surface area contributed by atoms with Crippen LogP contribution in [0.3, 0.4) is 0 Å². The van der Waals surface area contributed by atoms with Crippen LogP contribution in [0.4, 0.5) is 5.69 Å². The number of amides is 1. The Morgan fingerprint density at radius 1 is 0.739 bits per heavy atom. The SMILES string of the molecule is CSCC[C@H](NC(=O)c1ccc(CN(Cc2ccc(-c3ccccc3)cc2)c2ccccc2)cc1-c1ccccc1C)C(=O)[O-].[Li+]. The number of thioether (sulfide) groups is 1. The van der Waals surface area contributed by atoms with Gasteiger partial charge in [-0.15, -0.1) is 0 Å². The third-order valence-electron chi connectivity index (χ3n) is 7.89. The van der Waals surface area contributed by atoms with Crippen molar-refractivity contribution in [2.24, 2.45) is 0 Å². The van der Waals surface area contributed by atoms with Gasteiger partial charge >= 0.3 is 18.9 Å². The molecular weight excluding hydrogens is 583 g/mol. The van der Waals surface area contributed by atoms with Gasteiger partial charge in [0.05, 0.1) is 12.0 Å². The van der Waals surface area contributed by atoms with E-state index in [0.717, 1.165) is 27.9 Å². The molecule has 0 aliphatic heterocycles. The van der Waals surface area contributed by atoms with Gasteiger partial charge in [-0.05, 0) is 88.6 Å². The Balaban J connectivity index is 0.00000480. The first kappa shape index (κ1) is 34.7. The number of para-hydroxylation sites is 1. The van der Waals surface area contributed by atoms with Crippen molar-refractivity contribution in [3.63, 3.8) is 0 Å². The number of hydrogen-bond donors (Lipinski definition) is 1. The number of benzene rings is 5. The normalized spacial score (nSPS) is 11.3. The van der Waals surface area contributed by atoms with Gasteiger partial charge in [-0.3, -0.25) is 4.79 Å². The molecule has 0 saturated heterocycles. The number of aliphatic carboxylic acids is 1. The van der Waals surface area contributed by atoms with Crippen molar-refractivity contribution in [2.75, 3.05) is 16.9 Å². The van der Waals surface area contributed by atoms with E-state index in [1.54, 1.807) is 0 Å². The van der Waals surface area contributed by atoms with Crippen molar-refractivity contribution in [2.45, 2.75) is 32.5 Å². The predicted molar refractivity (Wildman–Crippen MR) is 184 cm³/mol. The molecule has 0 radical (unpaired) electrons. The second-order valence-electron chi connectivity index (χ2n) is 11.1. The Bertz CT molecular complexity index is 1730. The largest absolute Gasteiger partial charge is 1.00 e. The van der Waals surface area contributed by atoms with E-state index in [2.05, 4.69) is 64.8 Å². The zero-order chi connectivity index (χ0) is 31.6. The molecule has 5 aromatic carbocycles. The van der Waals surface area contributed by atoms with Gasteiger partial charge in [-0.25, -0.2) is 0 Å². The monoisotopic (exact) mass is 620 g/mol. The van der Waals surface area contributed by atoms with E-state index in [4.69, 9.17) is 0 Å². The van der Waals surface area contributed by atoms with Gasteiger partial charge in [-0.1, -0.05) is 103 Å². The second kappa shape index (κ2) is 16.9. The van der Waals surface area contributed by atoms with Crippen molar-refractivity contribution in [3.8, 4) is 22.3 Å². The van der Waals surface area contributed by atoms with E-state index in [-0.39, 0.29) is 18.9 Å². The van der Waals surface area contributed by atoms with Gasteiger partial charge in [0.25, 0.3) is 5.91 Å². The number of carbonyl (C=O) groups excluding carboxylic acids is 2. The summed E-state index contributed by atoms with van der Waals surface area (Å²) in [7, 11) is 0. The number of carboxylic acid groups (broad SMARTS) is 1. The van der Waals surface area contributed by atoms with E-state index >= 15 is 0 Å². The average molecular weight is 621 g/mol. The van der Waals surface area contributed by atoms with Crippen molar-refractivity contribution in [1.29, 1.82) is 0 Å². The van der Waals surface area contributed by atoms with Crippen LogP contribution < -0.4 is 34.2 Å². The van der Waals surface area contributed by atoms with Crippen LogP contribution in [0.25, 0.3) is 22.3 Å². The summed E-state index contributed by atoms with van der Waals surface area (Å²) in [5, 5.41) is 14.5. The van der Waals surface area contributed by atoms with Crippen molar-refractivity contribution < 1.29 is 33.6 Å². The molecule has 1 N–H and O–H groups in total. The molecule has 0 unspecified atom stereocenters. The van der Waals surface area contributed by atoms with E-state index in [9.17, 15) is 14.7 Å². The number of carbonyl (C=O) groups is 2. The van der Waals surface area contributed by atoms with Crippen molar-refractivity contribution in [1.82, 2.24) is 5.32 Å².